The van der Waals surface area contributed by atoms with Crippen LogP contribution in [-0.4, -0.2) is 17.1 Å². The molecule has 0 radical (unpaired) electrons. The number of aromatic nitrogens is 2. The fraction of sp³-hybridized carbons (Fsp3) is 0.286. The molecule has 1 atom stereocenters. The molecule has 106 valence electrons. The summed E-state index contributed by atoms with van der Waals surface area (Å²) in [4.78, 5) is 7.87. The molecule has 2 rings (SSSR count). The zero-order valence-corrected chi connectivity index (χ0v) is 12.0. The molecular weight excluding hydrogens is 281 g/mol. The maximum Gasteiger partial charge on any atom is 0.148 e. The highest BCUT2D eigenvalue weighted by molar-refractivity contribution is 6.33. The number of ether oxygens (including phenoxy) is 1. The first kappa shape index (κ1) is 14.5. The van der Waals surface area contributed by atoms with E-state index in [9.17, 15) is 4.39 Å². The van der Waals surface area contributed by atoms with Gasteiger partial charge in [0.2, 0.25) is 0 Å². The molecule has 2 aromatic rings. The Labute approximate surface area is 122 Å². The van der Waals surface area contributed by atoms with Crippen LogP contribution in [0.4, 0.5) is 10.2 Å². The van der Waals surface area contributed by atoms with Crippen molar-refractivity contribution in [1.82, 2.24) is 9.97 Å². The number of hydrogen-bond acceptors (Lipinski definition) is 4. The number of alkyl halides is 1. The molecule has 1 aromatic carbocycles. The fourth-order valence-corrected chi connectivity index (χ4v) is 2.03. The summed E-state index contributed by atoms with van der Waals surface area (Å²) in [5.41, 5.74) is 1.23. The lowest BCUT2D eigenvalue weighted by Gasteiger charge is -2.10. The van der Waals surface area contributed by atoms with E-state index in [-0.39, 0.29) is 10.7 Å². The van der Waals surface area contributed by atoms with Crippen LogP contribution < -0.4 is 10.1 Å². The third-order valence-corrected chi connectivity index (χ3v) is 3.18. The lowest BCUT2D eigenvalue weighted by atomic mass is 10.2. The average Bonchev–Trinajstić information content (AvgIpc) is 2.46. The van der Waals surface area contributed by atoms with Gasteiger partial charge in [0, 0.05) is 6.54 Å². The van der Waals surface area contributed by atoms with Crippen molar-refractivity contribution in [2.24, 2.45) is 0 Å². The van der Waals surface area contributed by atoms with E-state index in [0.29, 0.717) is 12.4 Å². The number of methoxy groups -OCH3 is 1. The normalized spacial score (nSPS) is 12.0. The number of anilines is 1. The first-order valence-electron chi connectivity index (χ1n) is 6.13. The first-order valence-corrected chi connectivity index (χ1v) is 6.51. The van der Waals surface area contributed by atoms with E-state index in [1.165, 1.54) is 13.3 Å². The van der Waals surface area contributed by atoms with E-state index in [2.05, 4.69) is 15.3 Å². The van der Waals surface area contributed by atoms with E-state index in [0.717, 1.165) is 11.3 Å². The van der Waals surface area contributed by atoms with Crippen LogP contribution in [0.2, 0.25) is 5.02 Å². The molecule has 20 heavy (non-hydrogen) atoms. The second-order valence-electron chi connectivity index (χ2n) is 4.24. The van der Waals surface area contributed by atoms with Gasteiger partial charge in [-0.3, -0.25) is 0 Å². The number of halogens is 2. The molecule has 0 aliphatic heterocycles. The van der Waals surface area contributed by atoms with Crippen LogP contribution in [0.25, 0.3) is 0 Å². The molecule has 0 spiro atoms. The van der Waals surface area contributed by atoms with E-state index < -0.39 is 6.17 Å². The monoisotopic (exact) mass is 295 g/mol. The molecule has 1 aromatic heterocycles. The molecule has 0 fully saturated rings. The summed E-state index contributed by atoms with van der Waals surface area (Å²) in [6.45, 7) is 1.92. The molecule has 6 heteroatoms. The summed E-state index contributed by atoms with van der Waals surface area (Å²) in [5.74, 6) is 1.22. The van der Waals surface area contributed by atoms with Gasteiger partial charge < -0.3 is 10.1 Å². The zero-order valence-electron chi connectivity index (χ0n) is 11.2. The van der Waals surface area contributed by atoms with Crippen LogP contribution in [-0.2, 0) is 6.54 Å². The lowest BCUT2D eigenvalue weighted by Crippen LogP contribution is -2.05. The molecule has 1 heterocycles. The lowest BCUT2D eigenvalue weighted by molar-refractivity contribution is 0.365. The highest BCUT2D eigenvalue weighted by Gasteiger charge is 2.14. The minimum Gasteiger partial charge on any atom is -0.497 e. The Kier molecular flexibility index (Phi) is 4.74. The third-order valence-electron chi connectivity index (χ3n) is 2.81. The molecular formula is C14H15ClFN3O. The average molecular weight is 296 g/mol. The second kappa shape index (κ2) is 6.52. The predicted octanol–water partition coefficient (Wildman–Crippen LogP) is 3.78. The Morgan fingerprint density at radius 2 is 2.00 bits per heavy atom. The van der Waals surface area contributed by atoms with Gasteiger partial charge in [-0.2, -0.15) is 0 Å². The van der Waals surface area contributed by atoms with Crippen LogP contribution in [0.1, 0.15) is 24.4 Å². The molecule has 0 saturated heterocycles. The van der Waals surface area contributed by atoms with Gasteiger partial charge >= 0.3 is 0 Å². The Morgan fingerprint density at radius 3 is 2.60 bits per heavy atom. The maximum absolute atomic E-state index is 13.3. The van der Waals surface area contributed by atoms with Gasteiger partial charge in [-0.15, -0.1) is 0 Å². The van der Waals surface area contributed by atoms with Gasteiger partial charge in [-0.05, 0) is 24.6 Å². The molecule has 1 unspecified atom stereocenters. The van der Waals surface area contributed by atoms with Crippen molar-refractivity contribution >= 4 is 17.4 Å². The number of nitrogens with zero attached hydrogens (tertiary/aromatic N) is 2. The molecule has 0 aliphatic carbocycles. The smallest absolute Gasteiger partial charge is 0.148 e. The Morgan fingerprint density at radius 1 is 1.30 bits per heavy atom. The van der Waals surface area contributed by atoms with E-state index in [1.54, 1.807) is 7.11 Å². The van der Waals surface area contributed by atoms with Crippen molar-refractivity contribution in [2.75, 3.05) is 12.4 Å². The van der Waals surface area contributed by atoms with Gasteiger partial charge in [0.25, 0.3) is 0 Å². The van der Waals surface area contributed by atoms with Gasteiger partial charge in [0.05, 0.1) is 12.8 Å². The Bertz CT molecular complexity index is 575. The van der Waals surface area contributed by atoms with Crippen molar-refractivity contribution in [3.05, 3.63) is 46.9 Å². The fourth-order valence-electron chi connectivity index (χ4n) is 1.71. The Balaban J connectivity index is 2.08. The quantitative estimate of drug-likeness (QED) is 0.912. The standard InChI is InChI=1S/C14H15ClFN3O/c1-9(16)13-12(15)14(19-8-18-13)17-7-10-3-5-11(20-2)6-4-10/h3-6,8-9H,7H2,1-2H3,(H,17,18,19). The molecule has 1 N–H and O–H groups in total. The van der Waals surface area contributed by atoms with Gasteiger partial charge in [0.15, 0.2) is 0 Å². The van der Waals surface area contributed by atoms with Gasteiger partial charge in [0.1, 0.15) is 29.1 Å². The summed E-state index contributed by atoms with van der Waals surface area (Å²) in [7, 11) is 1.62. The first-order chi connectivity index (χ1) is 9.61. The molecule has 0 amide bonds. The molecule has 0 aliphatic rings. The van der Waals surface area contributed by atoms with E-state index >= 15 is 0 Å². The number of benzene rings is 1. The van der Waals surface area contributed by atoms with E-state index in [1.807, 2.05) is 24.3 Å². The van der Waals surface area contributed by atoms with Crippen molar-refractivity contribution in [3.63, 3.8) is 0 Å². The van der Waals surface area contributed by atoms with Crippen molar-refractivity contribution in [3.8, 4) is 5.75 Å². The minimum atomic E-state index is -1.23. The van der Waals surface area contributed by atoms with Gasteiger partial charge in [-0.25, -0.2) is 14.4 Å². The highest BCUT2D eigenvalue weighted by atomic mass is 35.5. The van der Waals surface area contributed by atoms with Crippen molar-refractivity contribution < 1.29 is 9.13 Å². The van der Waals surface area contributed by atoms with Crippen molar-refractivity contribution in [2.45, 2.75) is 19.6 Å². The molecule has 0 bridgehead atoms. The summed E-state index contributed by atoms with van der Waals surface area (Å²) < 4.78 is 18.4. The van der Waals surface area contributed by atoms with Crippen LogP contribution in [0.15, 0.2) is 30.6 Å². The van der Waals surface area contributed by atoms with Crippen LogP contribution in [0.5, 0.6) is 5.75 Å². The van der Waals surface area contributed by atoms with Crippen LogP contribution in [0, 0.1) is 0 Å². The predicted molar refractivity (Wildman–Crippen MR) is 76.9 cm³/mol. The number of rotatable bonds is 5. The minimum absolute atomic E-state index is 0.193. The SMILES string of the molecule is COc1ccc(CNc2ncnc(C(C)F)c2Cl)cc1. The number of nitrogens with one attached hydrogen (secondary N) is 1. The zero-order chi connectivity index (χ0) is 14.5. The summed E-state index contributed by atoms with van der Waals surface area (Å²) in [6.07, 6.45) is 0.0697. The number of hydrogen-bond donors (Lipinski definition) is 1. The van der Waals surface area contributed by atoms with Crippen molar-refractivity contribution in [1.29, 1.82) is 0 Å². The summed E-state index contributed by atoms with van der Waals surface area (Å²) in [5, 5.41) is 3.29. The maximum atomic E-state index is 13.3. The summed E-state index contributed by atoms with van der Waals surface area (Å²) >= 11 is 6.07. The second-order valence-corrected chi connectivity index (χ2v) is 4.62. The topological polar surface area (TPSA) is 47.0 Å². The van der Waals surface area contributed by atoms with Crippen LogP contribution >= 0.6 is 11.6 Å². The van der Waals surface area contributed by atoms with Crippen LogP contribution in [0.3, 0.4) is 0 Å². The van der Waals surface area contributed by atoms with E-state index in [4.69, 9.17) is 16.3 Å². The Hall–Kier alpha value is -1.88. The molecule has 0 saturated carbocycles. The third kappa shape index (κ3) is 3.36. The van der Waals surface area contributed by atoms with Gasteiger partial charge in [-0.1, -0.05) is 23.7 Å². The largest absolute Gasteiger partial charge is 0.497 e. The molecule has 4 nitrogen and oxygen atoms in total. The highest BCUT2D eigenvalue weighted by Crippen LogP contribution is 2.28. The summed E-state index contributed by atoms with van der Waals surface area (Å²) in [6, 6.07) is 7.60.